The molecule has 0 atom stereocenters. The molecule has 0 unspecified atom stereocenters. The number of nitrogens with one attached hydrogen (secondary N) is 1. The molecule has 2 heterocycles. The number of rotatable bonds is 3. The lowest BCUT2D eigenvalue weighted by Gasteiger charge is -2.38. The van der Waals surface area contributed by atoms with Gasteiger partial charge in [-0.3, -0.25) is 9.42 Å². The van der Waals surface area contributed by atoms with Gasteiger partial charge in [0.2, 0.25) is 0 Å². The number of ether oxygens (including phenoxy) is 1. The third-order valence-corrected chi connectivity index (χ3v) is 3.04. The third-order valence-electron chi connectivity index (χ3n) is 3.04. The first-order valence-corrected chi connectivity index (χ1v) is 5.48. The monoisotopic (exact) mass is 226 g/mol. The van der Waals surface area contributed by atoms with Gasteiger partial charge in [-0.05, 0) is 13.8 Å². The fourth-order valence-corrected chi connectivity index (χ4v) is 1.91. The highest BCUT2D eigenvalue weighted by molar-refractivity contribution is 5.04. The predicted octanol–water partition coefficient (Wildman–Crippen LogP) is 0.218. The summed E-state index contributed by atoms with van der Waals surface area (Å²) in [4.78, 5) is 6.55. The number of nitrogens with zero attached hydrogens (tertiary/aromatic N) is 3. The molecule has 0 aliphatic carbocycles. The van der Waals surface area contributed by atoms with Crippen LogP contribution in [0.15, 0.2) is 4.52 Å². The lowest BCUT2D eigenvalue weighted by Crippen LogP contribution is -2.52. The number of hydrogen-bond acceptors (Lipinski definition) is 6. The molecule has 6 heteroatoms. The van der Waals surface area contributed by atoms with Gasteiger partial charge in [-0.15, -0.1) is 0 Å². The van der Waals surface area contributed by atoms with Gasteiger partial charge in [-0.2, -0.15) is 4.98 Å². The van der Waals surface area contributed by atoms with E-state index < -0.39 is 0 Å². The van der Waals surface area contributed by atoms with Gasteiger partial charge in [0.1, 0.15) is 0 Å². The van der Waals surface area contributed by atoms with E-state index in [0.29, 0.717) is 5.82 Å². The molecule has 0 saturated carbocycles. The smallest absolute Gasteiger partial charge is 0.417 e. The minimum atomic E-state index is -0.220. The van der Waals surface area contributed by atoms with Crippen LogP contribution in [0.5, 0.6) is 6.08 Å². The SMILES string of the molecule is COc1nc(C(C)(C)N2CCNCC2)no1. The summed E-state index contributed by atoms with van der Waals surface area (Å²) < 4.78 is 9.87. The Morgan fingerprint density at radius 2 is 2.06 bits per heavy atom. The Labute approximate surface area is 95.0 Å². The molecule has 6 nitrogen and oxygen atoms in total. The standard InChI is InChI=1S/C10H18N4O2/c1-10(2,14-6-4-11-5-7-14)8-12-9(15-3)16-13-8/h11H,4-7H2,1-3H3. The van der Waals surface area contributed by atoms with Crippen LogP contribution in [0.1, 0.15) is 19.7 Å². The molecule has 1 N–H and O–H groups in total. The molecule has 2 rings (SSSR count). The fraction of sp³-hybridized carbons (Fsp3) is 0.800. The largest absolute Gasteiger partial charge is 0.452 e. The average Bonchev–Trinajstić information content (AvgIpc) is 2.79. The van der Waals surface area contributed by atoms with Crippen molar-refractivity contribution >= 4 is 0 Å². The molecule has 1 saturated heterocycles. The van der Waals surface area contributed by atoms with Gasteiger partial charge in [0.05, 0.1) is 12.6 Å². The highest BCUT2D eigenvalue weighted by Gasteiger charge is 2.34. The molecular weight excluding hydrogens is 208 g/mol. The molecular formula is C10H18N4O2. The van der Waals surface area contributed by atoms with Crippen molar-refractivity contribution < 1.29 is 9.26 Å². The van der Waals surface area contributed by atoms with E-state index in [1.807, 2.05) is 0 Å². The average molecular weight is 226 g/mol. The zero-order chi connectivity index (χ0) is 11.6. The van der Waals surface area contributed by atoms with Gasteiger partial charge >= 0.3 is 6.08 Å². The summed E-state index contributed by atoms with van der Waals surface area (Å²) in [5.74, 6) is 0.672. The number of hydrogen-bond donors (Lipinski definition) is 1. The maximum absolute atomic E-state index is 4.97. The molecule has 90 valence electrons. The van der Waals surface area contributed by atoms with Crippen LogP contribution in [0.2, 0.25) is 0 Å². The van der Waals surface area contributed by atoms with Gasteiger partial charge in [0.25, 0.3) is 0 Å². The minimum absolute atomic E-state index is 0.220. The predicted molar refractivity (Wildman–Crippen MR) is 58.3 cm³/mol. The van der Waals surface area contributed by atoms with Crippen molar-refractivity contribution in [2.24, 2.45) is 0 Å². The molecule has 1 aromatic heterocycles. The summed E-state index contributed by atoms with van der Waals surface area (Å²) in [5.41, 5.74) is -0.220. The van der Waals surface area contributed by atoms with Crippen molar-refractivity contribution in [3.63, 3.8) is 0 Å². The quantitative estimate of drug-likeness (QED) is 0.795. The molecule has 1 aromatic rings. The summed E-state index contributed by atoms with van der Waals surface area (Å²) in [6.07, 6.45) is 0.221. The zero-order valence-electron chi connectivity index (χ0n) is 9.99. The summed E-state index contributed by atoms with van der Waals surface area (Å²) in [6.45, 7) is 8.18. The van der Waals surface area contributed by atoms with E-state index in [1.165, 1.54) is 7.11 Å². The van der Waals surface area contributed by atoms with Gasteiger partial charge in [0.15, 0.2) is 5.82 Å². The van der Waals surface area contributed by atoms with Crippen LogP contribution in [0.25, 0.3) is 0 Å². The number of methoxy groups -OCH3 is 1. The van der Waals surface area contributed by atoms with Crippen LogP contribution < -0.4 is 10.1 Å². The number of aromatic nitrogens is 2. The van der Waals surface area contributed by atoms with Crippen LogP contribution in [0, 0.1) is 0 Å². The Hall–Kier alpha value is -1.14. The highest BCUT2D eigenvalue weighted by atomic mass is 16.6. The van der Waals surface area contributed by atoms with Gasteiger partial charge < -0.3 is 10.1 Å². The van der Waals surface area contributed by atoms with Crippen molar-refractivity contribution in [1.82, 2.24) is 20.4 Å². The van der Waals surface area contributed by atoms with E-state index >= 15 is 0 Å². The lowest BCUT2D eigenvalue weighted by molar-refractivity contribution is 0.0924. The fourth-order valence-electron chi connectivity index (χ4n) is 1.91. The Morgan fingerprint density at radius 3 is 2.62 bits per heavy atom. The maximum atomic E-state index is 4.97. The molecule has 0 amide bonds. The van der Waals surface area contributed by atoms with E-state index in [4.69, 9.17) is 9.26 Å². The zero-order valence-corrected chi connectivity index (χ0v) is 9.99. The van der Waals surface area contributed by atoms with Crippen molar-refractivity contribution in [2.75, 3.05) is 33.3 Å². The summed E-state index contributed by atoms with van der Waals surface area (Å²) in [7, 11) is 1.52. The van der Waals surface area contributed by atoms with Crippen molar-refractivity contribution in [3.8, 4) is 6.08 Å². The second kappa shape index (κ2) is 4.39. The first kappa shape index (κ1) is 11.3. The summed E-state index contributed by atoms with van der Waals surface area (Å²) in [6, 6.07) is 0. The van der Waals surface area contributed by atoms with Crippen LogP contribution in [0.4, 0.5) is 0 Å². The first-order chi connectivity index (χ1) is 7.64. The van der Waals surface area contributed by atoms with E-state index in [-0.39, 0.29) is 11.6 Å². The van der Waals surface area contributed by atoms with Crippen molar-refractivity contribution in [3.05, 3.63) is 5.82 Å². The van der Waals surface area contributed by atoms with E-state index in [9.17, 15) is 0 Å². The molecule has 0 radical (unpaired) electrons. The minimum Gasteiger partial charge on any atom is -0.452 e. The number of piperazine rings is 1. The summed E-state index contributed by atoms with van der Waals surface area (Å²) in [5, 5.41) is 7.28. The van der Waals surface area contributed by atoms with E-state index in [1.54, 1.807) is 0 Å². The second-order valence-electron chi connectivity index (χ2n) is 4.38. The normalized spacial score (nSPS) is 18.7. The van der Waals surface area contributed by atoms with Crippen LogP contribution in [0.3, 0.4) is 0 Å². The topological polar surface area (TPSA) is 63.4 Å². The van der Waals surface area contributed by atoms with Gasteiger partial charge in [0, 0.05) is 26.2 Å². The Bertz CT molecular complexity index is 344. The van der Waals surface area contributed by atoms with Gasteiger partial charge in [-0.25, -0.2) is 0 Å². The molecule has 1 aliphatic heterocycles. The van der Waals surface area contributed by atoms with Crippen LogP contribution in [-0.4, -0.2) is 48.3 Å². The van der Waals surface area contributed by atoms with Gasteiger partial charge in [-0.1, -0.05) is 5.16 Å². The Balaban J connectivity index is 2.15. The molecule has 0 bridgehead atoms. The Kier molecular flexibility index (Phi) is 3.11. The second-order valence-corrected chi connectivity index (χ2v) is 4.38. The first-order valence-electron chi connectivity index (χ1n) is 5.48. The van der Waals surface area contributed by atoms with Crippen LogP contribution in [-0.2, 0) is 5.54 Å². The van der Waals surface area contributed by atoms with Crippen LogP contribution >= 0.6 is 0 Å². The molecule has 16 heavy (non-hydrogen) atoms. The molecule has 0 aromatic carbocycles. The highest BCUT2D eigenvalue weighted by Crippen LogP contribution is 2.26. The molecule has 1 fully saturated rings. The van der Waals surface area contributed by atoms with Crippen molar-refractivity contribution in [2.45, 2.75) is 19.4 Å². The maximum Gasteiger partial charge on any atom is 0.417 e. The summed E-state index contributed by atoms with van der Waals surface area (Å²) >= 11 is 0. The van der Waals surface area contributed by atoms with Crippen molar-refractivity contribution in [1.29, 1.82) is 0 Å². The van der Waals surface area contributed by atoms with E-state index in [0.717, 1.165) is 26.2 Å². The van der Waals surface area contributed by atoms with E-state index in [2.05, 4.69) is 34.2 Å². The third kappa shape index (κ3) is 2.03. The molecule has 1 aliphatic rings. The lowest BCUT2D eigenvalue weighted by atomic mass is 10.0. The molecule has 0 spiro atoms. The Morgan fingerprint density at radius 1 is 1.38 bits per heavy atom.